The highest BCUT2D eigenvalue weighted by Crippen LogP contribution is 2.52. The summed E-state index contributed by atoms with van der Waals surface area (Å²) in [6.07, 6.45) is 0. The minimum Gasteiger partial charge on any atom is -0.456 e. The molecule has 0 aliphatic carbocycles. The molecular weight excluding hydrogens is 809 g/mol. The number of fused-ring (bicyclic) bond motifs is 14. The normalized spacial score (nSPS) is 12.2. The molecule has 11 aromatic carbocycles. The molecule has 4 heterocycles. The quantitative estimate of drug-likeness (QED) is 0.166. The molecule has 306 valence electrons. The van der Waals surface area contributed by atoms with Gasteiger partial charge in [-0.3, -0.25) is 0 Å². The first-order chi connectivity index (χ1) is 32.7. The molecule has 15 rings (SSSR count). The van der Waals surface area contributed by atoms with Gasteiger partial charge in [0.1, 0.15) is 44.7 Å². The SMILES string of the molecule is c1ccc2c(c1)oc1ccc(-c3ccc(-c4c5ccccc5c(-c5ccc(-c6cccc7c6oc6ccccc67)c6oc7ccccc7c56)c5ccccc45)c4c3oc3ccccc34)cc12. The second kappa shape index (κ2) is 13.3. The van der Waals surface area contributed by atoms with Gasteiger partial charge in [-0.25, -0.2) is 0 Å². The molecule has 4 aromatic heterocycles. The Balaban J connectivity index is 1.01. The maximum Gasteiger partial charge on any atom is 0.144 e. The first-order valence-electron chi connectivity index (χ1n) is 22.4. The lowest BCUT2D eigenvalue weighted by Gasteiger charge is -2.19. The Kier molecular flexibility index (Phi) is 7.19. The second-order valence-electron chi connectivity index (χ2n) is 17.4. The lowest BCUT2D eigenvalue weighted by molar-refractivity contribution is 0.665. The molecule has 0 radical (unpaired) electrons. The molecule has 0 bridgehead atoms. The van der Waals surface area contributed by atoms with Crippen LogP contribution in [0.4, 0.5) is 0 Å². The summed E-state index contributed by atoms with van der Waals surface area (Å²) < 4.78 is 26.7. The molecule has 0 saturated heterocycles. The zero-order valence-corrected chi connectivity index (χ0v) is 35.3. The Labute approximate surface area is 376 Å². The Morgan fingerprint density at radius 1 is 0.212 bits per heavy atom. The number of hydrogen-bond donors (Lipinski definition) is 0. The number of rotatable bonds is 4. The Morgan fingerprint density at radius 2 is 0.591 bits per heavy atom. The monoisotopic (exact) mass is 842 g/mol. The van der Waals surface area contributed by atoms with Gasteiger partial charge in [0.2, 0.25) is 0 Å². The van der Waals surface area contributed by atoms with Crippen molar-refractivity contribution in [1.29, 1.82) is 0 Å². The average molecular weight is 843 g/mol. The Hall–Kier alpha value is -8.86. The van der Waals surface area contributed by atoms with Crippen molar-refractivity contribution in [1.82, 2.24) is 0 Å². The molecule has 0 atom stereocenters. The van der Waals surface area contributed by atoms with Crippen molar-refractivity contribution in [3.05, 3.63) is 206 Å². The van der Waals surface area contributed by atoms with E-state index in [1.54, 1.807) is 0 Å². The molecule has 0 aliphatic rings. The third-order valence-electron chi connectivity index (χ3n) is 13.9. The van der Waals surface area contributed by atoms with Crippen LogP contribution < -0.4 is 0 Å². The highest BCUT2D eigenvalue weighted by molar-refractivity contribution is 6.30. The number of hydrogen-bond acceptors (Lipinski definition) is 4. The van der Waals surface area contributed by atoms with E-state index in [0.29, 0.717) is 0 Å². The summed E-state index contributed by atoms with van der Waals surface area (Å²) in [6.45, 7) is 0. The molecule has 0 saturated carbocycles. The maximum atomic E-state index is 6.95. The first-order valence-corrected chi connectivity index (χ1v) is 22.4. The molecule has 66 heavy (non-hydrogen) atoms. The van der Waals surface area contributed by atoms with Gasteiger partial charge in [-0.05, 0) is 97.9 Å². The molecule has 15 aromatic rings. The van der Waals surface area contributed by atoms with Crippen molar-refractivity contribution in [2.24, 2.45) is 0 Å². The van der Waals surface area contributed by atoms with E-state index >= 15 is 0 Å². The van der Waals surface area contributed by atoms with Crippen LogP contribution in [-0.2, 0) is 0 Å². The van der Waals surface area contributed by atoms with Crippen molar-refractivity contribution in [3.63, 3.8) is 0 Å². The van der Waals surface area contributed by atoms with Crippen LogP contribution in [0.2, 0.25) is 0 Å². The van der Waals surface area contributed by atoms with E-state index in [2.05, 4.69) is 176 Å². The minimum atomic E-state index is 0.836. The number of furan rings is 4. The van der Waals surface area contributed by atoms with Crippen LogP contribution in [0, 0.1) is 0 Å². The van der Waals surface area contributed by atoms with E-state index in [0.717, 1.165) is 143 Å². The van der Waals surface area contributed by atoms with Crippen LogP contribution in [0.15, 0.2) is 224 Å². The van der Waals surface area contributed by atoms with Gasteiger partial charge >= 0.3 is 0 Å². The van der Waals surface area contributed by atoms with E-state index in [9.17, 15) is 0 Å². The van der Waals surface area contributed by atoms with E-state index in [-0.39, 0.29) is 0 Å². The van der Waals surface area contributed by atoms with Crippen LogP contribution in [0.3, 0.4) is 0 Å². The van der Waals surface area contributed by atoms with Gasteiger partial charge in [-0.2, -0.15) is 0 Å². The molecule has 0 unspecified atom stereocenters. The first kappa shape index (κ1) is 35.6. The fourth-order valence-electron chi connectivity index (χ4n) is 11.1. The van der Waals surface area contributed by atoms with Crippen molar-refractivity contribution >= 4 is 109 Å². The highest BCUT2D eigenvalue weighted by Gasteiger charge is 2.26. The molecule has 4 heteroatoms. The zero-order chi connectivity index (χ0) is 43.0. The van der Waals surface area contributed by atoms with Gasteiger partial charge in [0, 0.05) is 59.8 Å². The van der Waals surface area contributed by atoms with Gasteiger partial charge in [-0.15, -0.1) is 0 Å². The Morgan fingerprint density at radius 3 is 1.17 bits per heavy atom. The highest BCUT2D eigenvalue weighted by atomic mass is 16.3. The molecule has 0 aliphatic heterocycles. The largest absolute Gasteiger partial charge is 0.456 e. The van der Waals surface area contributed by atoms with Crippen LogP contribution in [0.1, 0.15) is 0 Å². The smallest absolute Gasteiger partial charge is 0.144 e. The summed E-state index contributed by atoms with van der Waals surface area (Å²) in [6, 6.07) is 73.0. The van der Waals surface area contributed by atoms with Crippen LogP contribution >= 0.6 is 0 Å². The van der Waals surface area contributed by atoms with E-state index in [1.807, 2.05) is 30.3 Å². The zero-order valence-electron chi connectivity index (χ0n) is 35.3. The molecule has 0 spiro atoms. The summed E-state index contributed by atoms with van der Waals surface area (Å²) >= 11 is 0. The fraction of sp³-hybridized carbons (Fsp3) is 0. The fourth-order valence-corrected chi connectivity index (χ4v) is 11.1. The standard InChI is InChI=1S/C62H34O4/c1-3-18-41-39(16-1)56(48-31-29-36(61-58(48)46-20-7-11-26-53(46)65-61)35-28-33-55-50(34-35)38-15-6-9-24-51(38)63-55)40-17-2-4-19-42(40)57(41)49-32-30-45(62-59(49)47-21-8-12-27-54(47)66-62)44-23-13-22-43-37-14-5-10-25-52(37)64-60(43)44/h1-34H. The molecule has 4 nitrogen and oxygen atoms in total. The van der Waals surface area contributed by atoms with Crippen LogP contribution in [-0.4, -0.2) is 0 Å². The lowest BCUT2D eigenvalue weighted by Crippen LogP contribution is -1.93. The van der Waals surface area contributed by atoms with E-state index < -0.39 is 0 Å². The molecular formula is C62H34O4. The van der Waals surface area contributed by atoms with Crippen molar-refractivity contribution in [3.8, 4) is 44.5 Å². The Bertz CT molecular complexity index is 4480. The van der Waals surface area contributed by atoms with Crippen molar-refractivity contribution in [2.75, 3.05) is 0 Å². The average Bonchev–Trinajstić information content (AvgIpc) is 4.16. The summed E-state index contributed by atoms with van der Waals surface area (Å²) in [5.74, 6) is 0. The summed E-state index contributed by atoms with van der Waals surface area (Å²) in [7, 11) is 0. The van der Waals surface area contributed by atoms with Gasteiger partial charge in [0.05, 0.1) is 0 Å². The third-order valence-corrected chi connectivity index (χ3v) is 13.9. The van der Waals surface area contributed by atoms with Gasteiger partial charge in [0.25, 0.3) is 0 Å². The molecule has 0 N–H and O–H groups in total. The predicted molar refractivity (Wildman–Crippen MR) is 272 cm³/mol. The predicted octanol–water partition coefficient (Wildman–Crippen LogP) is 18.3. The number of para-hydroxylation sites is 5. The summed E-state index contributed by atoms with van der Waals surface area (Å²) in [5, 5.41) is 13.3. The lowest BCUT2D eigenvalue weighted by atomic mass is 9.83. The molecule has 0 fully saturated rings. The van der Waals surface area contributed by atoms with E-state index in [1.165, 1.54) is 11.1 Å². The van der Waals surface area contributed by atoms with E-state index in [4.69, 9.17) is 17.7 Å². The van der Waals surface area contributed by atoms with Crippen molar-refractivity contribution < 1.29 is 17.7 Å². The van der Waals surface area contributed by atoms with Crippen molar-refractivity contribution in [2.45, 2.75) is 0 Å². The van der Waals surface area contributed by atoms with Gasteiger partial charge in [0.15, 0.2) is 0 Å². The summed E-state index contributed by atoms with van der Waals surface area (Å²) in [4.78, 5) is 0. The topological polar surface area (TPSA) is 52.6 Å². The van der Waals surface area contributed by atoms with Gasteiger partial charge < -0.3 is 17.7 Å². The minimum absolute atomic E-state index is 0.836. The van der Waals surface area contributed by atoms with Gasteiger partial charge in [-0.1, -0.05) is 158 Å². The number of benzene rings is 11. The second-order valence-corrected chi connectivity index (χ2v) is 17.4. The third kappa shape index (κ3) is 4.87. The van der Waals surface area contributed by atoms with Crippen LogP contribution in [0.5, 0.6) is 0 Å². The van der Waals surface area contributed by atoms with Crippen LogP contribution in [0.25, 0.3) is 154 Å². The maximum absolute atomic E-state index is 6.95. The molecule has 0 amide bonds. The summed E-state index contributed by atoms with van der Waals surface area (Å²) in [5.41, 5.74) is 15.6.